The highest BCUT2D eigenvalue weighted by Gasteiger charge is 2.37. The number of likely N-dealkylation sites (tertiary alicyclic amines) is 1. The second kappa shape index (κ2) is 7.91. The first-order chi connectivity index (χ1) is 15.1. The van der Waals surface area contributed by atoms with Crippen molar-refractivity contribution in [1.29, 1.82) is 0 Å². The third kappa shape index (κ3) is 3.67. The van der Waals surface area contributed by atoms with Gasteiger partial charge in [0.1, 0.15) is 17.3 Å². The lowest BCUT2D eigenvalue weighted by molar-refractivity contribution is -0.135. The first kappa shape index (κ1) is 19.4. The van der Waals surface area contributed by atoms with Crippen molar-refractivity contribution in [3.8, 4) is 11.5 Å². The van der Waals surface area contributed by atoms with Gasteiger partial charge in [0, 0.05) is 36.2 Å². The predicted molar refractivity (Wildman–Crippen MR) is 114 cm³/mol. The molecule has 1 saturated heterocycles. The number of benzene rings is 2. The van der Waals surface area contributed by atoms with Crippen molar-refractivity contribution in [3.63, 3.8) is 0 Å². The van der Waals surface area contributed by atoms with E-state index in [-0.39, 0.29) is 17.7 Å². The second-order valence-electron chi connectivity index (χ2n) is 8.02. The van der Waals surface area contributed by atoms with Gasteiger partial charge in [-0.15, -0.1) is 0 Å². The predicted octanol–water partition coefficient (Wildman–Crippen LogP) is 4.10. The van der Waals surface area contributed by atoms with E-state index in [0.717, 1.165) is 22.6 Å². The Morgan fingerprint density at radius 2 is 1.61 bits per heavy atom. The van der Waals surface area contributed by atoms with Gasteiger partial charge in [-0.3, -0.25) is 9.59 Å². The SMILES string of the molecule is Cc1cc(NC(=O)C2CCN(C(=O)C3c4ccccc4Oc4ccccc43)CC2)no1. The summed E-state index contributed by atoms with van der Waals surface area (Å²) in [6, 6.07) is 17.1. The van der Waals surface area contributed by atoms with Crippen molar-refractivity contribution < 1.29 is 18.8 Å². The number of nitrogens with zero attached hydrogens (tertiary/aromatic N) is 2. The zero-order valence-electron chi connectivity index (χ0n) is 17.2. The molecular formula is C24H23N3O4. The number of amides is 2. The van der Waals surface area contributed by atoms with Crippen LogP contribution in [0.25, 0.3) is 0 Å². The highest BCUT2D eigenvalue weighted by molar-refractivity contribution is 5.92. The van der Waals surface area contributed by atoms with Crippen LogP contribution in [0.4, 0.5) is 5.82 Å². The Hall–Kier alpha value is -3.61. The number of aromatic nitrogens is 1. The number of carbonyl (C=O) groups is 2. The number of anilines is 1. The summed E-state index contributed by atoms with van der Waals surface area (Å²) >= 11 is 0. The van der Waals surface area contributed by atoms with Gasteiger partial charge < -0.3 is 19.5 Å². The third-order valence-electron chi connectivity index (χ3n) is 5.98. The molecule has 1 fully saturated rings. The summed E-state index contributed by atoms with van der Waals surface area (Å²) in [5.74, 6) is 1.92. The van der Waals surface area contributed by atoms with Gasteiger partial charge in [0.15, 0.2) is 5.82 Å². The van der Waals surface area contributed by atoms with Crippen LogP contribution in [0.3, 0.4) is 0 Å². The smallest absolute Gasteiger partial charge is 0.234 e. The number of aryl methyl sites for hydroxylation is 1. The maximum atomic E-state index is 13.6. The Morgan fingerprint density at radius 3 is 2.19 bits per heavy atom. The van der Waals surface area contributed by atoms with E-state index < -0.39 is 5.92 Å². The summed E-state index contributed by atoms with van der Waals surface area (Å²) in [7, 11) is 0. The molecule has 3 aromatic rings. The standard InChI is InChI=1S/C24H23N3O4/c1-15-14-21(26-31-15)25-23(28)16-10-12-27(13-11-16)24(29)22-17-6-2-4-8-19(17)30-20-9-5-3-7-18(20)22/h2-9,14,16,22H,10-13H2,1H3,(H,25,26,28). The van der Waals surface area contributed by atoms with E-state index in [0.29, 0.717) is 37.5 Å². The third-order valence-corrected chi connectivity index (χ3v) is 5.98. The number of rotatable bonds is 3. The molecule has 2 aromatic carbocycles. The number of piperidine rings is 1. The Bertz CT molecular complexity index is 1090. The molecule has 2 aliphatic heterocycles. The lowest BCUT2D eigenvalue weighted by atomic mass is 9.86. The zero-order valence-corrected chi connectivity index (χ0v) is 17.2. The fourth-order valence-corrected chi connectivity index (χ4v) is 4.37. The molecular weight excluding hydrogens is 394 g/mol. The van der Waals surface area contributed by atoms with Crippen LogP contribution in [0.2, 0.25) is 0 Å². The van der Waals surface area contributed by atoms with Crippen molar-refractivity contribution in [1.82, 2.24) is 10.1 Å². The van der Waals surface area contributed by atoms with Crippen LogP contribution in [0.1, 0.15) is 35.6 Å². The van der Waals surface area contributed by atoms with E-state index in [2.05, 4.69) is 10.5 Å². The minimum Gasteiger partial charge on any atom is -0.457 e. The van der Waals surface area contributed by atoms with Crippen LogP contribution in [0.5, 0.6) is 11.5 Å². The highest BCUT2D eigenvalue weighted by atomic mass is 16.5. The molecule has 7 nitrogen and oxygen atoms in total. The quantitative estimate of drug-likeness (QED) is 0.694. The molecule has 0 saturated carbocycles. The molecule has 0 spiro atoms. The van der Waals surface area contributed by atoms with Crippen molar-refractivity contribution in [2.45, 2.75) is 25.7 Å². The molecule has 5 rings (SSSR count). The van der Waals surface area contributed by atoms with E-state index in [4.69, 9.17) is 9.26 Å². The van der Waals surface area contributed by atoms with Gasteiger partial charge in [-0.1, -0.05) is 41.6 Å². The molecule has 2 aliphatic rings. The molecule has 7 heteroatoms. The van der Waals surface area contributed by atoms with Crippen molar-refractivity contribution >= 4 is 17.6 Å². The first-order valence-electron chi connectivity index (χ1n) is 10.5. The summed E-state index contributed by atoms with van der Waals surface area (Å²) in [5.41, 5.74) is 1.76. The van der Waals surface area contributed by atoms with E-state index in [1.807, 2.05) is 53.4 Å². The van der Waals surface area contributed by atoms with Gasteiger partial charge in [0.2, 0.25) is 11.8 Å². The number of hydrogen-bond acceptors (Lipinski definition) is 5. The summed E-state index contributed by atoms with van der Waals surface area (Å²) in [5, 5.41) is 6.62. The summed E-state index contributed by atoms with van der Waals surface area (Å²) in [4.78, 5) is 28.0. The maximum absolute atomic E-state index is 13.6. The highest BCUT2D eigenvalue weighted by Crippen LogP contribution is 2.44. The number of para-hydroxylation sites is 2. The Balaban J connectivity index is 1.30. The fourth-order valence-electron chi connectivity index (χ4n) is 4.37. The largest absolute Gasteiger partial charge is 0.457 e. The molecule has 2 amide bonds. The van der Waals surface area contributed by atoms with E-state index in [9.17, 15) is 9.59 Å². The fraction of sp³-hybridized carbons (Fsp3) is 0.292. The minimum absolute atomic E-state index is 0.0502. The van der Waals surface area contributed by atoms with Crippen LogP contribution < -0.4 is 10.1 Å². The minimum atomic E-state index is -0.398. The normalized spacial score (nSPS) is 16.2. The second-order valence-corrected chi connectivity index (χ2v) is 8.02. The van der Waals surface area contributed by atoms with E-state index in [1.54, 1.807) is 13.0 Å². The number of hydrogen-bond donors (Lipinski definition) is 1. The Kier molecular flexibility index (Phi) is 4.94. The average Bonchev–Trinajstić information content (AvgIpc) is 3.21. The molecule has 3 heterocycles. The van der Waals surface area contributed by atoms with E-state index >= 15 is 0 Å². The zero-order chi connectivity index (χ0) is 21.4. The van der Waals surface area contributed by atoms with Gasteiger partial charge >= 0.3 is 0 Å². The number of carbonyl (C=O) groups excluding carboxylic acids is 2. The topological polar surface area (TPSA) is 84.7 Å². The maximum Gasteiger partial charge on any atom is 0.234 e. The van der Waals surface area contributed by atoms with Crippen molar-refractivity contribution in [2.24, 2.45) is 5.92 Å². The van der Waals surface area contributed by atoms with Gasteiger partial charge in [0.05, 0.1) is 5.92 Å². The van der Waals surface area contributed by atoms with E-state index in [1.165, 1.54) is 0 Å². The van der Waals surface area contributed by atoms with Crippen LogP contribution >= 0.6 is 0 Å². The molecule has 0 unspecified atom stereocenters. The van der Waals surface area contributed by atoms with Crippen LogP contribution in [-0.2, 0) is 9.59 Å². The number of fused-ring (bicyclic) bond motifs is 2. The summed E-state index contributed by atoms with van der Waals surface area (Å²) in [6.45, 7) is 2.85. The van der Waals surface area contributed by atoms with Gasteiger partial charge in [-0.25, -0.2) is 0 Å². The molecule has 0 bridgehead atoms. The summed E-state index contributed by atoms with van der Waals surface area (Å²) < 4.78 is 11.0. The van der Waals surface area contributed by atoms with Gasteiger partial charge in [0.25, 0.3) is 0 Å². The molecule has 1 aromatic heterocycles. The monoisotopic (exact) mass is 417 g/mol. The molecule has 158 valence electrons. The summed E-state index contributed by atoms with van der Waals surface area (Å²) in [6.07, 6.45) is 1.22. The van der Waals surface area contributed by atoms with Crippen molar-refractivity contribution in [3.05, 3.63) is 71.5 Å². The molecule has 31 heavy (non-hydrogen) atoms. The molecule has 0 aliphatic carbocycles. The Labute approximate surface area is 180 Å². The first-order valence-corrected chi connectivity index (χ1v) is 10.5. The lowest BCUT2D eigenvalue weighted by Crippen LogP contribution is -2.44. The van der Waals surface area contributed by atoms with Crippen LogP contribution in [0, 0.1) is 12.8 Å². The lowest BCUT2D eigenvalue weighted by Gasteiger charge is -2.35. The molecule has 0 atom stereocenters. The van der Waals surface area contributed by atoms with Crippen LogP contribution in [-0.4, -0.2) is 35.0 Å². The van der Waals surface area contributed by atoms with Crippen molar-refractivity contribution in [2.75, 3.05) is 18.4 Å². The van der Waals surface area contributed by atoms with Crippen LogP contribution in [0.15, 0.2) is 59.1 Å². The number of nitrogens with one attached hydrogen (secondary N) is 1. The number of ether oxygens (including phenoxy) is 1. The molecule has 0 radical (unpaired) electrons. The average molecular weight is 417 g/mol. The molecule has 1 N–H and O–H groups in total. The van der Waals surface area contributed by atoms with Gasteiger partial charge in [-0.2, -0.15) is 0 Å². The Morgan fingerprint density at radius 1 is 1.00 bits per heavy atom. The van der Waals surface area contributed by atoms with Gasteiger partial charge in [-0.05, 0) is 31.9 Å².